The number of carbonyl (C=O) groups is 1. The molecule has 1 aromatic rings. The highest BCUT2D eigenvalue weighted by Gasteiger charge is 2.40. The van der Waals surface area contributed by atoms with Crippen LogP contribution in [0, 0.1) is 0 Å². The van der Waals surface area contributed by atoms with Gasteiger partial charge in [0.15, 0.2) is 0 Å². The Hall–Kier alpha value is -0.802. The van der Waals surface area contributed by atoms with Crippen molar-refractivity contribution in [1.82, 2.24) is 0 Å². The van der Waals surface area contributed by atoms with Gasteiger partial charge in [0.05, 0.1) is 12.2 Å². The molecule has 0 aromatic heterocycles. The number of hydrogen-bond acceptors (Lipinski definition) is 6. The minimum atomic E-state index is -2.34. The maximum absolute atomic E-state index is 10.8. The lowest BCUT2D eigenvalue weighted by Crippen LogP contribution is -2.53. The van der Waals surface area contributed by atoms with Crippen LogP contribution in [0.25, 0.3) is 0 Å². The van der Waals surface area contributed by atoms with E-state index in [9.17, 15) is 4.79 Å². The zero-order chi connectivity index (χ0) is 18.4. The van der Waals surface area contributed by atoms with E-state index in [-0.39, 0.29) is 5.56 Å². The van der Waals surface area contributed by atoms with Crippen molar-refractivity contribution in [2.45, 2.75) is 38.7 Å². The van der Waals surface area contributed by atoms with Crippen molar-refractivity contribution in [3.63, 3.8) is 0 Å². The Morgan fingerprint density at radius 3 is 2.16 bits per heavy atom. The number of rotatable bonds is 6. The highest BCUT2D eigenvalue weighted by Crippen LogP contribution is 2.22. The standard InChI is InChI=1S/C14H23O7Si4/c1-22-18-23(2)20-25(4,21-24(3)19-22)11-5-10-17-13-8-6-12(7-9-13)14(15)16/h6-9H,5,10-11H2,1-4H3,(H,15,16). The Balaban J connectivity index is 1.81. The molecule has 0 saturated carbocycles. The number of carboxylic acids is 1. The monoisotopic (exact) mass is 415 g/mol. The van der Waals surface area contributed by atoms with Crippen molar-refractivity contribution < 1.29 is 31.1 Å². The van der Waals surface area contributed by atoms with Gasteiger partial charge in [-0.3, -0.25) is 0 Å². The largest absolute Gasteiger partial charge is 0.494 e. The van der Waals surface area contributed by atoms with E-state index in [1.165, 1.54) is 12.1 Å². The van der Waals surface area contributed by atoms with E-state index in [4.69, 9.17) is 26.3 Å². The minimum absolute atomic E-state index is 0.246. The smallest absolute Gasteiger partial charge is 0.362 e. The summed E-state index contributed by atoms with van der Waals surface area (Å²) in [4.78, 5) is 10.8. The number of ether oxygens (including phenoxy) is 1. The fraction of sp³-hybridized carbons (Fsp3) is 0.500. The Kier molecular flexibility index (Phi) is 7.57. The molecule has 1 heterocycles. The second kappa shape index (κ2) is 9.23. The molecule has 7 nitrogen and oxygen atoms in total. The van der Waals surface area contributed by atoms with Crippen LogP contribution in [0.1, 0.15) is 16.8 Å². The summed E-state index contributed by atoms with van der Waals surface area (Å²) >= 11 is 0. The van der Waals surface area contributed by atoms with Crippen molar-refractivity contribution in [3.05, 3.63) is 29.8 Å². The van der Waals surface area contributed by atoms with Gasteiger partial charge in [-0.25, -0.2) is 4.79 Å². The van der Waals surface area contributed by atoms with Crippen molar-refractivity contribution >= 4 is 42.4 Å². The van der Waals surface area contributed by atoms with Crippen LogP contribution in [0.2, 0.25) is 32.2 Å². The lowest BCUT2D eigenvalue weighted by Gasteiger charge is -2.35. The molecule has 1 aliphatic rings. The van der Waals surface area contributed by atoms with Gasteiger partial charge in [0, 0.05) is 0 Å². The number of aromatic carboxylic acids is 1. The van der Waals surface area contributed by atoms with Crippen LogP contribution in [-0.4, -0.2) is 54.1 Å². The van der Waals surface area contributed by atoms with Crippen molar-refractivity contribution in [1.29, 1.82) is 0 Å². The second-order valence-electron chi connectivity index (χ2n) is 5.80. The van der Waals surface area contributed by atoms with E-state index in [2.05, 4.69) is 6.55 Å². The van der Waals surface area contributed by atoms with Gasteiger partial charge in [-0.15, -0.1) is 0 Å². The summed E-state index contributed by atoms with van der Waals surface area (Å²) in [5.74, 6) is -0.291. The first-order valence-corrected chi connectivity index (χ1v) is 16.0. The highest BCUT2D eigenvalue weighted by atomic mass is 28.5. The summed E-state index contributed by atoms with van der Waals surface area (Å²) in [6, 6.07) is 7.19. The van der Waals surface area contributed by atoms with E-state index >= 15 is 0 Å². The molecule has 0 amide bonds. The third-order valence-electron chi connectivity index (χ3n) is 3.44. The first-order chi connectivity index (χ1) is 11.8. The Bertz CT molecular complexity index is 557. The molecule has 0 atom stereocenters. The molecule has 1 fully saturated rings. The van der Waals surface area contributed by atoms with Crippen LogP contribution in [0.4, 0.5) is 0 Å². The van der Waals surface area contributed by atoms with Gasteiger partial charge in [0.1, 0.15) is 5.75 Å². The molecule has 3 radical (unpaired) electrons. The second-order valence-corrected chi connectivity index (χ2v) is 14.8. The van der Waals surface area contributed by atoms with Crippen LogP contribution in [0.3, 0.4) is 0 Å². The third kappa shape index (κ3) is 6.78. The first kappa shape index (κ1) is 20.5. The van der Waals surface area contributed by atoms with Gasteiger partial charge in [0.2, 0.25) is 0 Å². The minimum Gasteiger partial charge on any atom is -0.494 e. The fourth-order valence-electron chi connectivity index (χ4n) is 2.48. The summed E-state index contributed by atoms with van der Waals surface area (Å²) in [5, 5.41) is 8.89. The normalized spacial score (nSPS) is 20.0. The third-order valence-corrected chi connectivity index (χ3v) is 15.1. The highest BCUT2D eigenvalue weighted by molar-refractivity contribution is 6.81. The summed E-state index contributed by atoms with van der Waals surface area (Å²) in [6.45, 7) is 8.49. The van der Waals surface area contributed by atoms with E-state index in [1.807, 2.05) is 19.6 Å². The molecule has 11 heteroatoms. The van der Waals surface area contributed by atoms with Crippen molar-refractivity contribution in [2.24, 2.45) is 0 Å². The molecule has 0 spiro atoms. The van der Waals surface area contributed by atoms with Gasteiger partial charge in [-0.05, 0) is 62.9 Å². The fourth-order valence-corrected chi connectivity index (χ4v) is 14.3. The molecule has 1 saturated heterocycles. The van der Waals surface area contributed by atoms with Crippen LogP contribution < -0.4 is 4.74 Å². The zero-order valence-corrected chi connectivity index (χ0v) is 18.8. The maximum atomic E-state index is 10.8. The quantitative estimate of drug-likeness (QED) is 0.565. The van der Waals surface area contributed by atoms with Gasteiger partial charge in [-0.1, -0.05) is 0 Å². The summed E-state index contributed by atoms with van der Waals surface area (Å²) in [6.07, 6.45) is 0.789. The lowest BCUT2D eigenvalue weighted by molar-refractivity contribution is 0.0696. The number of hydrogen-bond donors (Lipinski definition) is 1. The Morgan fingerprint density at radius 2 is 1.64 bits per heavy atom. The van der Waals surface area contributed by atoms with Gasteiger partial charge >= 0.3 is 42.4 Å². The zero-order valence-electron chi connectivity index (χ0n) is 14.8. The molecule has 0 aliphatic carbocycles. The first-order valence-electron chi connectivity index (χ1n) is 7.98. The molecule has 1 aromatic carbocycles. The van der Waals surface area contributed by atoms with E-state index in [1.54, 1.807) is 12.1 Å². The molecule has 137 valence electrons. The summed E-state index contributed by atoms with van der Waals surface area (Å²) < 4.78 is 29.6. The molecule has 25 heavy (non-hydrogen) atoms. The average Bonchev–Trinajstić information content (AvgIpc) is 2.50. The van der Waals surface area contributed by atoms with Gasteiger partial charge < -0.3 is 26.3 Å². The molecule has 1 aliphatic heterocycles. The molecule has 1 N–H and O–H groups in total. The lowest BCUT2D eigenvalue weighted by atomic mass is 10.2. The van der Waals surface area contributed by atoms with E-state index in [0.29, 0.717) is 12.4 Å². The van der Waals surface area contributed by atoms with Crippen molar-refractivity contribution in [2.75, 3.05) is 6.61 Å². The number of carboxylic acid groups (broad SMARTS) is 1. The Labute approximate surface area is 154 Å². The number of benzene rings is 1. The molecular formula is C14H23O7Si4. The van der Waals surface area contributed by atoms with E-state index in [0.717, 1.165) is 12.5 Å². The maximum Gasteiger partial charge on any atom is 0.362 e. The van der Waals surface area contributed by atoms with Crippen LogP contribution in [0.5, 0.6) is 5.75 Å². The molecular weight excluding hydrogens is 392 g/mol. The molecule has 2 rings (SSSR count). The molecule has 0 bridgehead atoms. The van der Waals surface area contributed by atoms with Crippen molar-refractivity contribution in [3.8, 4) is 5.75 Å². The topological polar surface area (TPSA) is 83.5 Å². The predicted molar refractivity (Wildman–Crippen MR) is 99.1 cm³/mol. The van der Waals surface area contributed by atoms with Gasteiger partial charge in [-0.2, -0.15) is 0 Å². The summed E-state index contributed by atoms with van der Waals surface area (Å²) in [7, 11) is -6.32. The summed E-state index contributed by atoms with van der Waals surface area (Å²) in [5.41, 5.74) is 0.246. The van der Waals surface area contributed by atoms with E-state index < -0.39 is 42.4 Å². The van der Waals surface area contributed by atoms with Gasteiger partial charge in [0.25, 0.3) is 0 Å². The molecule has 0 unspecified atom stereocenters. The van der Waals surface area contributed by atoms with Crippen LogP contribution in [-0.2, 0) is 16.5 Å². The predicted octanol–water partition coefficient (Wildman–Crippen LogP) is 2.66. The average molecular weight is 416 g/mol. The van der Waals surface area contributed by atoms with Crippen LogP contribution >= 0.6 is 0 Å². The SMILES string of the molecule is C[Si]1O[Si](C)O[Si](C)(CCCOc2ccc(C(=O)O)cc2)O[Si](C)O1. The Morgan fingerprint density at radius 1 is 1.08 bits per heavy atom. The van der Waals surface area contributed by atoms with Crippen LogP contribution in [0.15, 0.2) is 24.3 Å².